The van der Waals surface area contributed by atoms with Crippen molar-refractivity contribution in [3.8, 4) is 0 Å². The van der Waals surface area contributed by atoms with Gasteiger partial charge in [-0.25, -0.2) is 0 Å². The molecule has 1 aliphatic heterocycles. The first-order valence-corrected chi connectivity index (χ1v) is 9.46. The number of nitrogens with one attached hydrogen (secondary N) is 1. The summed E-state index contributed by atoms with van der Waals surface area (Å²) in [6.07, 6.45) is 5.65. The fourth-order valence-corrected chi connectivity index (χ4v) is 4.02. The topological polar surface area (TPSA) is 61.2 Å². The van der Waals surface area contributed by atoms with Gasteiger partial charge in [-0.2, -0.15) is 4.98 Å². The average molecular weight is 353 g/mol. The van der Waals surface area contributed by atoms with Gasteiger partial charge in [-0.05, 0) is 57.1 Å². The lowest BCUT2D eigenvalue weighted by molar-refractivity contribution is 0.200. The van der Waals surface area contributed by atoms with Gasteiger partial charge >= 0.3 is 0 Å². The molecular formula is C20H27N5O. The summed E-state index contributed by atoms with van der Waals surface area (Å²) in [7, 11) is 2.17. The quantitative estimate of drug-likeness (QED) is 0.762. The van der Waals surface area contributed by atoms with Crippen LogP contribution in [0.15, 0.2) is 35.0 Å². The number of aromatic nitrogens is 3. The third-order valence-corrected chi connectivity index (χ3v) is 5.45. The molecule has 0 unspecified atom stereocenters. The summed E-state index contributed by atoms with van der Waals surface area (Å²) in [5, 5.41) is 5.37. The highest BCUT2D eigenvalue weighted by Gasteiger charge is 2.22. The van der Waals surface area contributed by atoms with Crippen LogP contribution in [0.3, 0.4) is 0 Å². The number of likely N-dealkylation sites (tertiary alicyclic amines) is 1. The van der Waals surface area contributed by atoms with Crippen LogP contribution in [0.25, 0.3) is 10.9 Å². The molecule has 0 spiro atoms. The third-order valence-electron chi connectivity index (χ3n) is 5.45. The summed E-state index contributed by atoms with van der Waals surface area (Å²) in [4.78, 5) is 12.6. The van der Waals surface area contributed by atoms with E-state index in [4.69, 9.17) is 4.52 Å². The summed E-state index contributed by atoms with van der Waals surface area (Å²) >= 11 is 0. The van der Waals surface area contributed by atoms with Crippen molar-refractivity contribution in [1.82, 2.24) is 24.9 Å². The predicted molar refractivity (Wildman–Crippen MR) is 102 cm³/mol. The molecule has 6 heteroatoms. The van der Waals surface area contributed by atoms with E-state index in [1.807, 2.05) is 13.1 Å². The van der Waals surface area contributed by atoms with Crippen LogP contribution in [0, 0.1) is 6.92 Å². The molecule has 0 radical (unpaired) electrons. The minimum absolute atomic E-state index is 0.571. The van der Waals surface area contributed by atoms with Crippen LogP contribution >= 0.6 is 0 Å². The average Bonchev–Trinajstić information content (AvgIpc) is 3.20. The molecule has 1 N–H and O–H groups in total. The summed E-state index contributed by atoms with van der Waals surface area (Å²) in [5.41, 5.74) is 2.64. The number of nitrogens with zero attached hydrogens (tertiary/aromatic N) is 4. The van der Waals surface area contributed by atoms with Gasteiger partial charge in [0.1, 0.15) is 0 Å². The Morgan fingerprint density at radius 2 is 2.19 bits per heavy atom. The molecule has 1 aliphatic rings. The van der Waals surface area contributed by atoms with Crippen LogP contribution < -0.4 is 0 Å². The molecule has 4 rings (SSSR count). The molecule has 1 atom stereocenters. The monoisotopic (exact) mass is 353 g/mol. The van der Waals surface area contributed by atoms with E-state index in [9.17, 15) is 0 Å². The number of hydrogen-bond acceptors (Lipinski definition) is 5. The standard InChI is InChI=1S/C20H27N5O/c1-15-22-20(23-26-15)14-24(2)17-6-4-11-25(12-9-17)13-16-5-3-7-19-18(16)8-10-21-19/h3,5,7-8,10,17,21H,4,6,9,11-14H2,1-2H3/t17-/m1/s1. The summed E-state index contributed by atoms with van der Waals surface area (Å²) < 4.78 is 5.09. The normalized spacial score (nSPS) is 19.3. The maximum Gasteiger partial charge on any atom is 0.223 e. The molecule has 2 aromatic heterocycles. The van der Waals surface area contributed by atoms with Crippen molar-refractivity contribution in [3.05, 3.63) is 47.7 Å². The first-order valence-electron chi connectivity index (χ1n) is 9.46. The highest BCUT2D eigenvalue weighted by atomic mass is 16.5. The number of rotatable bonds is 5. The molecule has 138 valence electrons. The molecule has 0 amide bonds. The highest BCUT2D eigenvalue weighted by molar-refractivity contribution is 5.82. The molecule has 0 aliphatic carbocycles. The second-order valence-corrected chi connectivity index (χ2v) is 7.36. The zero-order valence-corrected chi connectivity index (χ0v) is 15.6. The summed E-state index contributed by atoms with van der Waals surface area (Å²) in [6.45, 7) is 5.90. The number of H-pyrrole nitrogens is 1. The van der Waals surface area contributed by atoms with Gasteiger partial charge in [0.2, 0.25) is 5.89 Å². The largest absolute Gasteiger partial charge is 0.361 e. The van der Waals surface area contributed by atoms with E-state index < -0.39 is 0 Å². The van der Waals surface area contributed by atoms with E-state index in [1.165, 1.54) is 35.7 Å². The summed E-state index contributed by atoms with van der Waals surface area (Å²) in [5.74, 6) is 1.42. The molecule has 6 nitrogen and oxygen atoms in total. The molecule has 1 saturated heterocycles. The SMILES string of the molecule is Cc1nc(CN(C)[C@@H]2CCCN(Cc3cccc4[nH]ccc34)CC2)no1. The van der Waals surface area contributed by atoms with Crippen LogP contribution in [0.2, 0.25) is 0 Å². The molecule has 0 bridgehead atoms. The van der Waals surface area contributed by atoms with Crippen LogP contribution in [0.4, 0.5) is 0 Å². The van der Waals surface area contributed by atoms with Crippen molar-refractivity contribution >= 4 is 10.9 Å². The van der Waals surface area contributed by atoms with Crippen LogP contribution in [0.1, 0.15) is 36.5 Å². The van der Waals surface area contributed by atoms with Crippen LogP contribution in [0.5, 0.6) is 0 Å². The van der Waals surface area contributed by atoms with E-state index in [-0.39, 0.29) is 0 Å². The molecule has 1 aromatic carbocycles. The zero-order chi connectivity index (χ0) is 17.9. The number of aromatic amines is 1. The second-order valence-electron chi connectivity index (χ2n) is 7.36. The third kappa shape index (κ3) is 3.81. The number of fused-ring (bicyclic) bond motifs is 1. The predicted octanol–water partition coefficient (Wildman–Crippen LogP) is 3.35. The summed E-state index contributed by atoms with van der Waals surface area (Å²) in [6, 6.07) is 9.30. The van der Waals surface area contributed by atoms with Gasteiger partial charge in [0, 0.05) is 36.6 Å². The molecule has 3 heterocycles. The zero-order valence-electron chi connectivity index (χ0n) is 15.6. The molecule has 3 aromatic rings. The Hall–Kier alpha value is -2.18. The minimum atomic E-state index is 0.571. The van der Waals surface area contributed by atoms with Crippen molar-refractivity contribution in [2.45, 2.75) is 45.3 Å². The Bertz CT molecular complexity index is 855. The lowest BCUT2D eigenvalue weighted by Crippen LogP contribution is -2.33. The van der Waals surface area contributed by atoms with Gasteiger partial charge in [-0.1, -0.05) is 17.3 Å². The Kier molecular flexibility index (Phi) is 5.04. The van der Waals surface area contributed by atoms with Crippen molar-refractivity contribution in [2.75, 3.05) is 20.1 Å². The lowest BCUT2D eigenvalue weighted by atomic mass is 10.1. The second kappa shape index (κ2) is 7.60. The van der Waals surface area contributed by atoms with Gasteiger partial charge in [-0.3, -0.25) is 9.80 Å². The fraction of sp³-hybridized carbons (Fsp3) is 0.500. The first kappa shape index (κ1) is 17.2. The first-order chi connectivity index (χ1) is 12.7. The lowest BCUT2D eigenvalue weighted by Gasteiger charge is -2.26. The highest BCUT2D eigenvalue weighted by Crippen LogP contribution is 2.22. The van der Waals surface area contributed by atoms with E-state index in [0.29, 0.717) is 11.9 Å². The number of hydrogen-bond donors (Lipinski definition) is 1. The van der Waals surface area contributed by atoms with Crippen molar-refractivity contribution < 1.29 is 4.52 Å². The Balaban J connectivity index is 1.36. The van der Waals surface area contributed by atoms with Gasteiger partial charge in [0.15, 0.2) is 5.82 Å². The smallest absolute Gasteiger partial charge is 0.223 e. The van der Waals surface area contributed by atoms with Crippen molar-refractivity contribution in [2.24, 2.45) is 0 Å². The van der Waals surface area contributed by atoms with E-state index in [0.717, 1.165) is 32.0 Å². The molecule has 1 fully saturated rings. The fourth-order valence-electron chi connectivity index (χ4n) is 4.02. The maximum atomic E-state index is 5.09. The van der Waals surface area contributed by atoms with E-state index in [1.54, 1.807) is 0 Å². The van der Waals surface area contributed by atoms with Gasteiger partial charge < -0.3 is 9.51 Å². The van der Waals surface area contributed by atoms with Crippen molar-refractivity contribution in [1.29, 1.82) is 0 Å². The number of aryl methyl sites for hydroxylation is 1. The van der Waals surface area contributed by atoms with Crippen LogP contribution in [-0.2, 0) is 13.1 Å². The minimum Gasteiger partial charge on any atom is -0.361 e. The van der Waals surface area contributed by atoms with E-state index in [2.05, 4.69) is 56.2 Å². The Labute approximate surface area is 154 Å². The van der Waals surface area contributed by atoms with Gasteiger partial charge in [0.05, 0.1) is 6.54 Å². The molecular weight excluding hydrogens is 326 g/mol. The van der Waals surface area contributed by atoms with Crippen molar-refractivity contribution in [3.63, 3.8) is 0 Å². The molecule has 0 saturated carbocycles. The maximum absolute atomic E-state index is 5.09. The van der Waals surface area contributed by atoms with Gasteiger partial charge in [-0.15, -0.1) is 0 Å². The van der Waals surface area contributed by atoms with Crippen LogP contribution in [-0.4, -0.2) is 51.1 Å². The Morgan fingerprint density at radius 3 is 3.04 bits per heavy atom. The van der Waals surface area contributed by atoms with E-state index >= 15 is 0 Å². The number of benzene rings is 1. The van der Waals surface area contributed by atoms with Gasteiger partial charge in [0.25, 0.3) is 0 Å². The molecule has 26 heavy (non-hydrogen) atoms. The Morgan fingerprint density at radius 1 is 1.27 bits per heavy atom.